The quantitative estimate of drug-likeness (QED) is 0.813. The largest absolute Gasteiger partial charge is 0.390 e. The van der Waals surface area contributed by atoms with Gasteiger partial charge < -0.3 is 5.11 Å². The molecule has 0 heterocycles. The zero-order valence-corrected chi connectivity index (χ0v) is 11.5. The average molecular weight is 268 g/mol. The summed E-state index contributed by atoms with van der Waals surface area (Å²) in [6, 6.07) is 3.60. The van der Waals surface area contributed by atoms with Gasteiger partial charge in [0, 0.05) is 12.5 Å². The van der Waals surface area contributed by atoms with E-state index in [2.05, 4.69) is 6.92 Å². The second-order valence-electron chi connectivity index (χ2n) is 5.84. The molecule has 1 aromatic carbocycles. The van der Waals surface area contributed by atoms with Gasteiger partial charge >= 0.3 is 0 Å². The van der Waals surface area contributed by atoms with Crippen molar-refractivity contribution in [3.8, 4) is 0 Å². The lowest BCUT2D eigenvalue weighted by Gasteiger charge is -2.27. The Morgan fingerprint density at radius 3 is 2.74 bits per heavy atom. The number of aliphatic hydroxyl groups is 1. The van der Waals surface area contributed by atoms with Crippen molar-refractivity contribution in [1.29, 1.82) is 0 Å². The van der Waals surface area contributed by atoms with E-state index in [9.17, 15) is 13.9 Å². The summed E-state index contributed by atoms with van der Waals surface area (Å²) in [6.07, 6.45) is 5.97. The molecule has 3 heteroatoms. The Morgan fingerprint density at radius 2 is 2.05 bits per heavy atom. The first-order chi connectivity index (χ1) is 9.02. The number of rotatable bonds is 3. The van der Waals surface area contributed by atoms with E-state index in [0.29, 0.717) is 24.3 Å². The van der Waals surface area contributed by atoms with Gasteiger partial charge in [-0.15, -0.1) is 0 Å². The summed E-state index contributed by atoms with van der Waals surface area (Å²) in [5, 5.41) is 10.7. The number of benzene rings is 1. The zero-order valence-electron chi connectivity index (χ0n) is 11.5. The van der Waals surface area contributed by atoms with E-state index in [1.165, 1.54) is 12.1 Å². The molecule has 2 unspecified atom stereocenters. The third kappa shape index (κ3) is 3.75. The summed E-state index contributed by atoms with van der Waals surface area (Å²) < 4.78 is 26.5. The summed E-state index contributed by atoms with van der Waals surface area (Å²) >= 11 is 0. The van der Waals surface area contributed by atoms with Crippen molar-refractivity contribution in [2.24, 2.45) is 5.92 Å². The summed E-state index contributed by atoms with van der Waals surface area (Å²) in [4.78, 5) is 0. The van der Waals surface area contributed by atoms with Gasteiger partial charge in [0.25, 0.3) is 0 Å². The molecule has 1 nitrogen and oxygen atoms in total. The molecule has 2 atom stereocenters. The van der Waals surface area contributed by atoms with Crippen molar-refractivity contribution in [3.63, 3.8) is 0 Å². The highest BCUT2D eigenvalue weighted by Gasteiger charge is 2.31. The van der Waals surface area contributed by atoms with E-state index in [1.807, 2.05) is 0 Å². The van der Waals surface area contributed by atoms with Crippen LogP contribution in [0, 0.1) is 17.6 Å². The zero-order chi connectivity index (χ0) is 13.9. The number of halogens is 2. The molecule has 2 rings (SSSR count). The van der Waals surface area contributed by atoms with Gasteiger partial charge in [0.05, 0.1) is 5.60 Å². The Hall–Kier alpha value is -0.960. The first-order valence-corrected chi connectivity index (χ1v) is 7.19. The Kier molecular flexibility index (Phi) is 4.56. The van der Waals surface area contributed by atoms with Gasteiger partial charge in [0.1, 0.15) is 11.6 Å². The molecule has 1 aliphatic rings. The molecule has 1 fully saturated rings. The molecular formula is C16H22F2O. The molecule has 0 radical (unpaired) electrons. The van der Waals surface area contributed by atoms with Crippen LogP contribution in [0.2, 0.25) is 0 Å². The van der Waals surface area contributed by atoms with Gasteiger partial charge in [0.2, 0.25) is 0 Å². The summed E-state index contributed by atoms with van der Waals surface area (Å²) in [6.45, 7) is 2.18. The lowest BCUT2D eigenvalue weighted by molar-refractivity contribution is 0.0234. The lowest BCUT2D eigenvalue weighted by atomic mass is 9.86. The SMILES string of the molecule is CCC1CCCC(O)(Cc2ccc(F)cc2F)CC1. The average Bonchev–Trinajstić information content (AvgIpc) is 2.55. The number of hydrogen-bond acceptors (Lipinski definition) is 1. The van der Waals surface area contributed by atoms with E-state index in [0.717, 1.165) is 31.7 Å². The highest BCUT2D eigenvalue weighted by atomic mass is 19.1. The summed E-state index contributed by atoms with van der Waals surface area (Å²) in [5.74, 6) is -0.447. The third-order valence-electron chi connectivity index (χ3n) is 4.38. The molecule has 0 saturated heterocycles. The van der Waals surface area contributed by atoms with Gasteiger partial charge in [-0.25, -0.2) is 8.78 Å². The summed E-state index contributed by atoms with van der Waals surface area (Å²) in [7, 11) is 0. The minimum Gasteiger partial charge on any atom is -0.390 e. The first-order valence-electron chi connectivity index (χ1n) is 7.19. The van der Waals surface area contributed by atoms with E-state index in [4.69, 9.17) is 0 Å². The van der Waals surface area contributed by atoms with Crippen molar-refractivity contribution in [3.05, 3.63) is 35.4 Å². The molecule has 0 aromatic heterocycles. The normalized spacial score (nSPS) is 28.1. The maximum Gasteiger partial charge on any atom is 0.129 e. The number of hydrogen-bond donors (Lipinski definition) is 1. The molecule has 106 valence electrons. The van der Waals surface area contributed by atoms with Crippen LogP contribution in [0.15, 0.2) is 18.2 Å². The molecular weight excluding hydrogens is 246 g/mol. The molecule has 0 amide bonds. The fourth-order valence-electron chi connectivity index (χ4n) is 3.07. The van der Waals surface area contributed by atoms with Crippen LogP contribution in [0.1, 0.15) is 51.0 Å². The molecule has 1 N–H and O–H groups in total. The van der Waals surface area contributed by atoms with Gasteiger partial charge in [0.15, 0.2) is 0 Å². The highest BCUT2D eigenvalue weighted by Crippen LogP contribution is 2.34. The Morgan fingerprint density at radius 1 is 1.26 bits per heavy atom. The maximum atomic E-state index is 13.7. The molecule has 0 spiro atoms. The molecule has 1 aliphatic carbocycles. The standard InChI is InChI=1S/C16H22F2O/c1-2-12-4-3-8-16(19,9-7-12)11-13-5-6-14(17)10-15(13)18/h5-6,10,12,19H,2-4,7-9,11H2,1H3. The van der Waals surface area contributed by atoms with Crippen LogP contribution in [0.25, 0.3) is 0 Å². The smallest absolute Gasteiger partial charge is 0.129 e. The topological polar surface area (TPSA) is 20.2 Å². The minimum absolute atomic E-state index is 0.287. The fourth-order valence-corrected chi connectivity index (χ4v) is 3.07. The van der Waals surface area contributed by atoms with Gasteiger partial charge in [-0.1, -0.05) is 32.3 Å². The maximum absolute atomic E-state index is 13.7. The van der Waals surface area contributed by atoms with Crippen molar-refractivity contribution in [2.75, 3.05) is 0 Å². The van der Waals surface area contributed by atoms with Crippen molar-refractivity contribution >= 4 is 0 Å². The second kappa shape index (κ2) is 6.00. The second-order valence-corrected chi connectivity index (χ2v) is 5.84. The van der Waals surface area contributed by atoms with Crippen molar-refractivity contribution in [1.82, 2.24) is 0 Å². The van der Waals surface area contributed by atoms with Gasteiger partial charge in [-0.05, 0) is 36.8 Å². The molecule has 0 aliphatic heterocycles. The fraction of sp³-hybridized carbons (Fsp3) is 0.625. The molecule has 1 saturated carbocycles. The van der Waals surface area contributed by atoms with Crippen LogP contribution in [-0.2, 0) is 6.42 Å². The highest BCUT2D eigenvalue weighted by molar-refractivity contribution is 5.20. The van der Waals surface area contributed by atoms with E-state index in [-0.39, 0.29) is 6.42 Å². The molecule has 19 heavy (non-hydrogen) atoms. The van der Waals surface area contributed by atoms with Crippen molar-refractivity contribution < 1.29 is 13.9 Å². The summed E-state index contributed by atoms with van der Waals surface area (Å²) in [5.41, 5.74) is -0.415. The molecule has 1 aromatic rings. The monoisotopic (exact) mass is 268 g/mol. The van der Waals surface area contributed by atoms with Crippen LogP contribution in [0.3, 0.4) is 0 Å². The third-order valence-corrected chi connectivity index (χ3v) is 4.38. The Bertz CT molecular complexity index is 433. The van der Waals surface area contributed by atoms with Crippen LogP contribution in [-0.4, -0.2) is 10.7 Å². The van der Waals surface area contributed by atoms with E-state index >= 15 is 0 Å². The van der Waals surface area contributed by atoms with E-state index in [1.54, 1.807) is 0 Å². The first kappa shape index (κ1) is 14.4. The lowest BCUT2D eigenvalue weighted by Crippen LogP contribution is -2.31. The Balaban J connectivity index is 2.08. The van der Waals surface area contributed by atoms with Crippen LogP contribution in [0.4, 0.5) is 8.78 Å². The predicted molar refractivity (Wildman–Crippen MR) is 71.9 cm³/mol. The van der Waals surface area contributed by atoms with Crippen LogP contribution >= 0.6 is 0 Å². The van der Waals surface area contributed by atoms with Crippen LogP contribution in [0.5, 0.6) is 0 Å². The van der Waals surface area contributed by atoms with Gasteiger partial charge in [-0.3, -0.25) is 0 Å². The Labute approximate surface area is 113 Å². The van der Waals surface area contributed by atoms with E-state index < -0.39 is 17.2 Å². The minimum atomic E-state index is -0.831. The predicted octanol–water partition coefficient (Wildman–Crippen LogP) is 4.23. The van der Waals surface area contributed by atoms with Crippen molar-refractivity contribution in [2.45, 2.75) is 57.5 Å². The van der Waals surface area contributed by atoms with Gasteiger partial charge in [-0.2, -0.15) is 0 Å². The van der Waals surface area contributed by atoms with Crippen LogP contribution < -0.4 is 0 Å². The molecule has 0 bridgehead atoms.